The highest BCUT2D eigenvalue weighted by Crippen LogP contribution is 2.34. The molecular formula is C20H14BrClN2O2. The summed E-state index contributed by atoms with van der Waals surface area (Å²) in [4.78, 5) is 14.8. The molecule has 0 aliphatic carbocycles. The van der Waals surface area contributed by atoms with E-state index in [-0.39, 0.29) is 5.56 Å². The van der Waals surface area contributed by atoms with Crippen molar-refractivity contribution in [3.63, 3.8) is 0 Å². The number of rotatable bonds is 4. The van der Waals surface area contributed by atoms with E-state index in [1.54, 1.807) is 31.2 Å². The van der Waals surface area contributed by atoms with E-state index in [0.717, 1.165) is 10.0 Å². The average molecular weight is 430 g/mol. The third-order valence-electron chi connectivity index (χ3n) is 3.79. The summed E-state index contributed by atoms with van der Waals surface area (Å²) in [6.07, 6.45) is 0. The molecule has 1 N–H and O–H groups in total. The highest BCUT2D eigenvalue weighted by atomic mass is 79.9. The summed E-state index contributed by atoms with van der Waals surface area (Å²) < 4.78 is 6.93. The van der Waals surface area contributed by atoms with Gasteiger partial charge in [0.25, 0.3) is 5.56 Å². The van der Waals surface area contributed by atoms with Crippen LogP contribution in [0.25, 0.3) is 11.1 Å². The van der Waals surface area contributed by atoms with E-state index < -0.39 is 5.56 Å². The van der Waals surface area contributed by atoms with Crippen molar-refractivity contribution in [3.8, 4) is 22.9 Å². The maximum Gasteiger partial charge on any atom is 0.266 e. The molecule has 0 atom stereocenters. The molecule has 0 bridgehead atoms. The van der Waals surface area contributed by atoms with E-state index >= 15 is 0 Å². The Morgan fingerprint density at radius 1 is 1.19 bits per heavy atom. The van der Waals surface area contributed by atoms with Crippen LogP contribution in [-0.4, -0.2) is 4.98 Å². The Hall–Kier alpha value is -2.55. The van der Waals surface area contributed by atoms with Crippen LogP contribution in [0.3, 0.4) is 0 Å². The van der Waals surface area contributed by atoms with E-state index in [9.17, 15) is 10.1 Å². The molecule has 0 aliphatic rings. The molecule has 0 amide bonds. The molecule has 130 valence electrons. The van der Waals surface area contributed by atoms with Gasteiger partial charge in [0, 0.05) is 26.3 Å². The summed E-state index contributed by atoms with van der Waals surface area (Å²) in [6, 6.07) is 16.7. The number of ether oxygens (including phenoxy) is 1. The number of benzene rings is 2. The Balaban J connectivity index is 2.05. The van der Waals surface area contributed by atoms with Crippen LogP contribution in [0.2, 0.25) is 5.02 Å². The number of hydrogen-bond acceptors (Lipinski definition) is 3. The van der Waals surface area contributed by atoms with Crippen LogP contribution in [0.15, 0.2) is 57.8 Å². The van der Waals surface area contributed by atoms with Crippen molar-refractivity contribution < 1.29 is 4.74 Å². The monoisotopic (exact) mass is 428 g/mol. The molecule has 3 rings (SSSR count). The molecule has 2 aromatic carbocycles. The number of aromatic nitrogens is 1. The van der Waals surface area contributed by atoms with Crippen LogP contribution in [0, 0.1) is 18.3 Å². The lowest BCUT2D eigenvalue weighted by Gasteiger charge is -2.14. The van der Waals surface area contributed by atoms with Gasteiger partial charge < -0.3 is 9.72 Å². The van der Waals surface area contributed by atoms with Crippen molar-refractivity contribution in [2.45, 2.75) is 13.5 Å². The van der Waals surface area contributed by atoms with Gasteiger partial charge in [0.1, 0.15) is 24.0 Å². The number of nitriles is 1. The predicted molar refractivity (Wildman–Crippen MR) is 105 cm³/mol. The molecule has 0 fully saturated rings. The molecule has 0 spiro atoms. The summed E-state index contributed by atoms with van der Waals surface area (Å²) in [5, 5.41) is 9.90. The quantitative estimate of drug-likeness (QED) is 0.618. The Bertz CT molecular complexity index is 1070. The largest absolute Gasteiger partial charge is 0.488 e. The molecule has 0 unspecified atom stereocenters. The molecule has 0 saturated carbocycles. The Labute approximate surface area is 164 Å². The average Bonchev–Trinajstić information content (AvgIpc) is 2.60. The van der Waals surface area contributed by atoms with Crippen molar-refractivity contribution in [1.29, 1.82) is 5.26 Å². The molecule has 0 radical (unpaired) electrons. The van der Waals surface area contributed by atoms with Crippen LogP contribution in [-0.2, 0) is 6.61 Å². The van der Waals surface area contributed by atoms with Crippen molar-refractivity contribution in [1.82, 2.24) is 4.98 Å². The standard InChI is InChI=1S/C20H14BrClN2O2/c1-12-7-16(18(10-23)20(25)24-12)17-9-15(22)5-6-19(17)26-11-13-3-2-4-14(21)8-13/h2-9H,11H2,1H3,(H,24,25). The zero-order chi connectivity index (χ0) is 18.7. The molecule has 4 nitrogen and oxygen atoms in total. The molecular weight excluding hydrogens is 416 g/mol. The Morgan fingerprint density at radius 3 is 2.73 bits per heavy atom. The second kappa shape index (κ2) is 7.77. The second-order valence-electron chi connectivity index (χ2n) is 5.74. The first-order chi connectivity index (χ1) is 12.5. The lowest BCUT2D eigenvalue weighted by Crippen LogP contribution is -2.13. The number of aryl methyl sites for hydroxylation is 1. The SMILES string of the molecule is Cc1cc(-c2cc(Cl)ccc2OCc2cccc(Br)c2)c(C#N)c(=O)[nH]1. The molecule has 3 aromatic rings. The number of H-pyrrole nitrogens is 1. The molecule has 26 heavy (non-hydrogen) atoms. The highest BCUT2D eigenvalue weighted by Gasteiger charge is 2.15. The first-order valence-electron chi connectivity index (χ1n) is 7.79. The minimum Gasteiger partial charge on any atom is -0.488 e. The van der Waals surface area contributed by atoms with E-state index in [1.165, 1.54) is 0 Å². The van der Waals surface area contributed by atoms with Crippen LogP contribution in [0.1, 0.15) is 16.8 Å². The fraction of sp³-hybridized carbons (Fsp3) is 0.100. The number of pyridine rings is 1. The first kappa shape index (κ1) is 18.2. The zero-order valence-corrected chi connectivity index (χ0v) is 16.2. The van der Waals surface area contributed by atoms with Crippen LogP contribution < -0.4 is 10.3 Å². The number of aromatic amines is 1. The Kier molecular flexibility index (Phi) is 5.46. The maximum atomic E-state index is 12.1. The van der Waals surface area contributed by atoms with Crippen molar-refractivity contribution in [2.75, 3.05) is 0 Å². The minimum atomic E-state index is -0.430. The number of nitrogens with one attached hydrogen (secondary N) is 1. The predicted octanol–water partition coefficient (Wildman–Crippen LogP) is 5.22. The van der Waals surface area contributed by atoms with Gasteiger partial charge in [0.2, 0.25) is 0 Å². The summed E-state index contributed by atoms with van der Waals surface area (Å²) in [5.74, 6) is 0.552. The van der Waals surface area contributed by atoms with Crippen molar-refractivity contribution >= 4 is 27.5 Å². The van der Waals surface area contributed by atoms with E-state index in [4.69, 9.17) is 16.3 Å². The summed E-state index contributed by atoms with van der Waals surface area (Å²) in [7, 11) is 0. The first-order valence-corrected chi connectivity index (χ1v) is 8.96. The third kappa shape index (κ3) is 3.98. The van der Waals surface area contributed by atoms with Gasteiger partial charge in [-0.05, 0) is 48.9 Å². The van der Waals surface area contributed by atoms with Crippen LogP contribution in [0.4, 0.5) is 0 Å². The van der Waals surface area contributed by atoms with Crippen LogP contribution in [0.5, 0.6) is 5.75 Å². The molecule has 0 aliphatic heterocycles. The lowest BCUT2D eigenvalue weighted by atomic mass is 10.00. The third-order valence-corrected chi connectivity index (χ3v) is 4.52. The second-order valence-corrected chi connectivity index (χ2v) is 7.09. The lowest BCUT2D eigenvalue weighted by molar-refractivity contribution is 0.307. The number of nitrogens with zero attached hydrogens (tertiary/aromatic N) is 1. The van der Waals surface area contributed by atoms with E-state index in [0.29, 0.717) is 34.2 Å². The fourth-order valence-electron chi connectivity index (χ4n) is 2.64. The Morgan fingerprint density at radius 2 is 2.00 bits per heavy atom. The zero-order valence-electron chi connectivity index (χ0n) is 13.8. The van der Waals surface area contributed by atoms with Gasteiger partial charge in [-0.3, -0.25) is 4.79 Å². The van der Waals surface area contributed by atoms with Gasteiger partial charge in [-0.1, -0.05) is 39.7 Å². The van der Waals surface area contributed by atoms with Gasteiger partial charge in [-0.25, -0.2) is 0 Å². The van der Waals surface area contributed by atoms with Gasteiger partial charge in [-0.2, -0.15) is 5.26 Å². The molecule has 0 saturated heterocycles. The van der Waals surface area contributed by atoms with Gasteiger partial charge >= 0.3 is 0 Å². The number of halogens is 2. The highest BCUT2D eigenvalue weighted by molar-refractivity contribution is 9.10. The molecule has 1 heterocycles. The van der Waals surface area contributed by atoms with Crippen molar-refractivity contribution in [3.05, 3.63) is 85.2 Å². The van der Waals surface area contributed by atoms with Gasteiger partial charge in [0.15, 0.2) is 0 Å². The van der Waals surface area contributed by atoms with Gasteiger partial charge in [-0.15, -0.1) is 0 Å². The van der Waals surface area contributed by atoms with E-state index in [1.807, 2.05) is 30.3 Å². The molecule has 1 aromatic heterocycles. The molecule has 6 heteroatoms. The normalized spacial score (nSPS) is 10.4. The summed E-state index contributed by atoms with van der Waals surface area (Å²) in [6.45, 7) is 2.11. The van der Waals surface area contributed by atoms with Gasteiger partial charge in [0.05, 0.1) is 0 Å². The van der Waals surface area contributed by atoms with Crippen molar-refractivity contribution in [2.24, 2.45) is 0 Å². The smallest absolute Gasteiger partial charge is 0.266 e. The van der Waals surface area contributed by atoms with Crippen LogP contribution >= 0.6 is 27.5 Å². The minimum absolute atomic E-state index is 0.0326. The maximum absolute atomic E-state index is 12.1. The fourth-order valence-corrected chi connectivity index (χ4v) is 3.26. The summed E-state index contributed by atoms with van der Waals surface area (Å²) in [5.41, 5.74) is 2.36. The summed E-state index contributed by atoms with van der Waals surface area (Å²) >= 11 is 9.59. The van der Waals surface area contributed by atoms with E-state index in [2.05, 4.69) is 20.9 Å². The number of hydrogen-bond donors (Lipinski definition) is 1. The topological polar surface area (TPSA) is 65.9 Å².